The minimum atomic E-state index is -0.638. The molecule has 0 aliphatic rings. The summed E-state index contributed by atoms with van der Waals surface area (Å²) in [6.45, 7) is 5.93. The van der Waals surface area contributed by atoms with Crippen molar-refractivity contribution in [2.75, 3.05) is 0 Å². The lowest BCUT2D eigenvalue weighted by molar-refractivity contribution is 0.112. The molecule has 0 saturated heterocycles. The average molecular weight is 286 g/mol. The maximum atomic E-state index is 14.1. The monoisotopic (exact) mass is 286 g/mol. The number of hydrogen-bond donors (Lipinski definition) is 1. The molecule has 2 aromatic carbocycles. The summed E-state index contributed by atoms with van der Waals surface area (Å²) in [7, 11) is 0. The van der Waals surface area contributed by atoms with Gasteiger partial charge in [-0.3, -0.25) is 4.79 Å². The molecule has 0 aromatic heterocycles. The van der Waals surface area contributed by atoms with Gasteiger partial charge in [-0.1, -0.05) is 39.0 Å². The normalized spacial score (nSPS) is 11.4. The number of phenols is 1. The zero-order valence-corrected chi connectivity index (χ0v) is 12.5. The third-order valence-electron chi connectivity index (χ3n) is 4.03. The molecule has 0 saturated carbocycles. The highest BCUT2D eigenvalue weighted by Gasteiger charge is 2.24. The number of carbonyl (C=O) groups is 1. The number of carbonyl (C=O) groups excluding carboxylic acids is 1. The van der Waals surface area contributed by atoms with Crippen LogP contribution >= 0.6 is 0 Å². The van der Waals surface area contributed by atoms with Crippen molar-refractivity contribution in [2.24, 2.45) is 0 Å². The SMILES string of the molecule is CCC(C)(C)c1cc(-c2cccc(C=O)c2)cc(F)c1O. The molecule has 2 rings (SSSR count). The van der Waals surface area contributed by atoms with Crippen LogP contribution in [0.4, 0.5) is 4.39 Å². The second-order valence-corrected chi connectivity index (χ2v) is 5.83. The van der Waals surface area contributed by atoms with E-state index < -0.39 is 5.82 Å². The molecular formula is C18H19FO2. The van der Waals surface area contributed by atoms with Gasteiger partial charge in [0.1, 0.15) is 6.29 Å². The van der Waals surface area contributed by atoms with Gasteiger partial charge in [-0.25, -0.2) is 4.39 Å². The van der Waals surface area contributed by atoms with Crippen molar-refractivity contribution < 1.29 is 14.3 Å². The molecule has 0 heterocycles. The molecule has 0 spiro atoms. The average Bonchev–Trinajstić information content (AvgIpc) is 2.49. The maximum Gasteiger partial charge on any atom is 0.165 e. The van der Waals surface area contributed by atoms with E-state index in [-0.39, 0.29) is 11.2 Å². The van der Waals surface area contributed by atoms with Crippen molar-refractivity contribution in [3.8, 4) is 16.9 Å². The summed E-state index contributed by atoms with van der Waals surface area (Å²) < 4.78 is 14.1. The first-order valence-electron chi connectivity index (χ1n) is 6.97. The van der Waals surface area contributed by atoms with Crippen LogP contribution in [0.2, 0.25) is 0 Å². The highest BCUT2D eigenvalue weighted by Crippen LogP contribution is 2.38. The number of halogens is 1. The molecule has 21 heavy (non-hydrogen) atoms. The Balaban J connectivity index is 2.63. The Morgan fingerprint density at radius 3 is 2.52 bits per heavy atom. The van der Waals surface area contributed by atoms with Gasteiger partial charge in [0.2, 0.25) is 0 Å². The molecule has 0 radical (unpaired) electrons. The van der Waals surface area contributed by atoms with E-state index >= 15 is 0 Å². The summed E-state index contributed by atoms with van der Waals surface area (Å²) in [5.74, 6) is -0.933. The van der Waals surface area contributed by atoms with E-state index in [4.69, 9.17) is 0 Å². The van der Waals surface area contributed by atoms with Gasteiger partial charge >= 0.3 is 0 Å². The van der Waals surface area contributed by atoms with Crippen molar-refractivity contribution in [2.45, 2.75) is 32.6 Å². The first-order chi connectivity index (χ1) is 9.89. The van der Waals surface area contributed by atoms with Crippen LogP contribution in [0.1, 0.15) is 43.1 Å². The standard InChI is InChI=1S/C18H19FO2/c1-4-18(2,3)15-9-14(10-16(19)17(15)21)13-7-5-6-12(8-13)11-20/h5-11,21H,4H2,1-3H3. The molecule has 2 nitrogen and oxygen atoms in total. The van der Waals surface area contributed by atoms with Crippen LogP contribution < -0.4 is 0 Å². The molecule has 3 heteroatoms. The van der Waals surface area contributed by atoms with E-state index in [0.717, 1.165) is 18.3 Å². The number of phenolic OH excluding ortho intramolecular Hbond substituents is 1. The lowest BCUT2D eigenvalue weighted by atomic mass is 9.80. The molecule has 110 valence electrons. The van der Waals surface area contributed by atoms with Crippen molar-refractivity contribution in [1.82, 2.24) is 0 Å². The van der Waals surface area contributed by atoms with Crippen molar-refractivity contribution >= 4 is 6.29 Å². The van der Waals surface area contributed by atoms with Crippen LogP contribution in [0.3, 0.4) is 0 Å². The highest BCUT2D eigenvalue weighted by molar-refractivity contribution is 5.79. The lowest BCUT2D eigenvalue weighted by Crippen LogP contribution is -2.16. The van der Waals surface area contributed by atoms with Crippen LogP contribution in [0.15, 0.2) is 36.4 Å². The quantitative estimate of drug-likeness (QED) is 0.827. The molecule has 0 aliphatic carbocycles. The third kappa shape index (κ3) is 2.97. The van der Waals surface area contributed by atoms with E-state index in [0.29, 0.717) is 16.7 Å². The Morgan fingerprint density at radius 2 is 1.90 bits per heavy atom. The second kappa shape index (κ2) is 5.68. The Hall–Kier alpha value is -2.16. The van der Waals surface area contributed by atoms with Gasteiger partial charge in [0.15, 0.2) is 11.6 Å². The fourth-order valence-corrected chi connectivity index (χ4v) is 2.26. The fraction of sp³-hybridized carbons (Fsp3) is 0.278. The first-order valence-corrected chi connectivity index (χ1v) is 6.97. The summed E-state index contributed by atoms with van der Waals surface area (Å²) >= 11 is 0. The van der Waals surface area contributed by atoms with Gasteiger partial charge in [0, 0.05) is 11.1 Å². The molecule has 0 aliphatic heterocycles. The zero-order valence-electron chi connectivity index (χ0n) is 12.5. The summed E-state index contributed by atoms with van der Waals surface area (Å²) in [6.07, 6.45) is 1.54. The molecule has 0 atom stereocenters. The molecule has 0 bridgehead atoms. The maximum absolute atomic E-state index is 14.1. The van der Waals surface area contributed by atoms with Gasteiger partial charge in [-0.2, -0.15) is 0 Å². The lowest BCUT2D eigenvalue weighted by Gasteiger charge is -2.25. The summed E-state index contributed by atoms with van der Waals surface area (Å²) in [6, 6.07) is 10.1. The van der Waals surface area contributed by atoms with Crippen LogP contribution in [0.25, 0.3) is 11.1 Å². The van der Waals surface area contributed by atoms with Gasteiger partial charge in [-0.15, -0.1) is 0 Å². The number of benzene rings is 2. The smallest absolute Gasteiger partial charge is 0.165 e. The number of aromatic hydroxyl groups is 1. The molecule has 0 fully saturated rings. The summed E-state index contributed by atoms with van der Waals surface area (Å²) in [4.78, 5) is 10.9. The zero-order chi connectivity index (χ0) is 15.6. The Kier molecular flexibility index (Phi) is 4.12. The minimum absolute atomic E-state index is 0.294. The molecule has 0 unspecified atom stereocenters. The number of aldehydes is 1. The van der Waals surface area contributed by atoms with Gasteiger partial charge in [0.25, 0.3) is 0 Å². The van der Waals surface area contributed by atoms with Gasteiger partial charge in [-0.05, 0) is 41.2 Å². The summed E-state index contributed by atoms with van der Waals surface area (Å²) in [5.41, 5.74) is 2.20. The van der Waals surface area contributed by atoms with E-state index in [1.807, 2.05) is 26.8 Å². The van der Waals surface area contributed by atoms with E-state index in [2.05, 4.69) is 0 Å². The Bertz CT molecular complexity index is 675. The van der Waals surface area contributed by atoms with Crippen LogP contribution in [0, 0.1) is 5.82 Å². The highest BCUT2D eigenvalue weighted by atomic mass is 19.1. The van der Waals surface area contributed by atoms with E-state index in [1.165, 1.54) is 6.07 Å². The molecular weight excluding hydrogens is 267 g/mol. The van der Waals surface area contributed by atoms with Crippen molar-refractivity contribution in [1.29, 1.82) is 0 Å². The van der Waals surface area contributed by atoms with E-state index in [1.54, 1.807) is 24.3 Å². The van der Waals surface area contributed by atoms with E-state index in [9.17, 15) is 14.3 Å². The van der Waals surface area contributed by atoms with Crippen LogP contribution in [-0.4, -0.2) is 11.4 Å². The van der Waals surface area contributed by atoms with Gasteiger partial charge < -0.3 is 5.11 Å². The number of rotatable bonds is 4. The largest absolute Gasteiger partial charge is 0.505 e. The Morgan fingerprint density at radius 1 is 1.19 bits per heavy atom. The number of hydrogen-bond acceptors (Lipinski definition) is 2. The predicted octanol–water partition coefficient (Wildman–Crippen LogP) is 4.70. The third-order valence-corrected chi connectivity index (χ3v) is 4.03. The predicted molar refractivity (Wildman–Crippen MR) is 82.2 cm³/mol. The first kappa shape index (κ1) is 15.2. The van der Waals surface area contributed by atoms with Crippen molar-refractivity contribution in [3.63, 3.8) is 0 Å². The molecule has 0 amide bonds. The van der Waals surface area contributed by atoms with Crippen LogP contribution in [-0.2, 0) is 5.41 Å². The van der Waals surface area contributed by atoms with Crippen molar-refractivity contribution in [3.05, 3.63) is 53.3 Å². The fourth-order valence-electron chi connectivity index (χ4n) is 2.26. The topological polar surface area (TPSA) is 37.3 Å². The molecule has 2 aromatic rings. The second-order valence-electron chi connectivity index (χ2n) is 5.83. The Labute approximate surface area is 124 Å². The summed E-state index contributed by atoms with van der Waals surface area (Å²) in [5, 5.41) is 10.0. The minimum Gasteiger partial charge on any atom is -0.505 e. The molecule has 1 N–H and O–H groups in total. The van der Waals surface area contributed by atoms with Crippen LogP contribution in [0.5, 0.6) is 5.75 Å². The van der Waals surface area contributed by atoms with Gasteiger partial charge in [0.05, 0.1) is 0 Å².